The summed E-state index contributed by atoms with van der Waals surface area (Å²) in [4.78, 5) is 14.2. The molecule has 2 rings (SSSR count). The molecule has 0 amide bonds. The number of nitrogens with zero attached hydrogens (tertiary/aromatic N) is 3. The van der Waals surface area contributed by atoms with E-state index < -0.39 is 5.97 Å². The first kappa shape index (κ1) is 15.7. The highest BCUT2D eigenvalue weighted by molar-refractivity contribution is 5.82. The summed E-state index contributed by atoms with van der Waals surface area (Å²) in [7, 11) is 1.31. The highest BCUT2D eigenvalue weighted by Crippen LogP contribution is 2.53. The Morgan fingerprint density at radius 1 is 1.52 bits per heavy atom. The highest BCUT2D eigenvalue weighted by Gasteiger charge is 2.52. The van der Waals surface area contributed by atoms with E-state index in [-0.39, 0.29) is 23.5 Å². The van der Waals surface area contributed by atoms with Crippen LogP contribution in [0, 0.1) is 17.3 Å². The third-order valence-corrected chi connectivity index (χ3v) is 4.45. The maximum absolute atomic E-state index is 11.4. The Balaban J connectivity index is 2.21. The second-order valence-corrected chi connectivity index (χ2v) is 6.58. The van der Waals surface area contributed by atoms with E-state index in [0.29, 0.717) is 18.2 Å². The monoisotopic (exact) mass is 294 g/mol. The van der Waals surface area contributed by atoms with Gasteiger partial charge in [-0.3, -0.25) is 0 Å². The van der Waals surface area contributed by atoms with Gasteiger partial charge < -0.3 is 15.2 Å². The first-order chi connectivity index (χ1) is 9.88. The first-order valence-corrected chi connectivity index (χ1v) is 7.09. The van der Waals surface area contributed by atoms with Gasteiger partial charge in [-0.15, -0.1) is 0 Å². The molecule has 0 aromatic carbocycles. The fraction of sp³-hybridized carbons (Fsp3) is 0.786. The highest BCUT2D eigenvalue weighted by atomic mass is 16.5. The first-order valence-electron chi connectivity index (χ1n) is 7.09. The summed E-state index contributed by atoms with van der Waals surface area (Å²) in [5.41, 5.74) is 15.1. The molecule has 1 aliphatic carbocycles. The van der Waals surface area contributed by atoms with Crippen molar-refractivity contribution >= 4 is 5.97 Å². The van der Waals surface area contributed by atoms with Gasteiger partial charge in [0.15, 0.2) is 0 Å². The van der Waals surface area contributed by atoms with Crippen molar-refractivity contribution in [2.24, 2.45) is 28.1 Å². The van der Waals surface area contributed by atoms with Crippen LogP contribution in [-0.4, -0.2) is 31.8 Å². The predicted octanol–water partition coefficient (Wildman–Crippen LogP) is 2.13. The zero-order valence-electron chi connectivity index (χ0n) is 12.7. The fourth-order valence-electron chi connectivity index (χ4n) is 3.69. The van der Waals surface area contributed by atoms with Crippen molar-refractivity contribution < 1.29 is 14.3 Å². The van der Waals surface area contributed by atoms with Crippen molar-refractivity contribution in [2.75, 3.05) is 13.7 Å². The minimum absolute atomic E-state index is 0.137. The number of azide groups is 1. The number of carbonyl (C=O) groups excluding carboxylic acids is 1. The van der Waals surface area contributed by atoms with Gasteiger partial charge in [0.2, 0.25) is 0 Å². The molecule has 0 bridgehead atoms. The van der Waals surface area contributed by atoms with Crippen molar-refractivity contribution in [1.29, 1.82) is 0 Å². The Morgan fingerprint density at radius 2 is 2.19 bits per heavy atom. The van der Waals surface area contributed by atoms with Crippen molar-refractivity contribution in [3.63, 3.8) is 0 Å². The van der Waals surface area contributed by atoms with E-state index in [0.717, 1.165) is 12.8 Å². The van der Waals surface area contributed by atoms with Gasteiger partial charge in [-0.05, 0) is 35.6 Å². The second kappa shape index (κ2) is 5.95. The van der Waals surface area contributed by atoms with Gasteiger partial charge in [0.05, 0.1) is 19.8 Å². The summed E-state index contributed by atoms with van der Waals surface area (Å²) in [5.74, 6) is 0.0725. The molecule has 4 atom stereocenters. The minimum Gasteiger partial charge on any atom is -0.466 e. The summed E-state index contributed by atoms with van der Waals surface area (Å²) in [6.07, 6.45) is 2.82. The number of esters is 1. The largest absolute Gasteiger partial charge is 0.466 e. The molecule has 1 unspecified atom stereocenters. The fourth-order valence-corrected chi connectivity index (χ4v) is 3.69. The van der Waals surface area contributed by atoms with Gasteiger partial charge in [-0.2, -0.15) is 0 Å². The van der Waals surface area contributed by atoms with Crippen molar-refractivity contribution in [1.82, 2.24) is 0 Å². The Kier molecular flexibility index (Phi) is 4.44. The van der Waals surface area contributed by atoms with Crippen LogP contribution in [0.25, 0.3) is 10.4 Å². The second-order valence-electron chi connectivity index (χ2n) is 6.58. The van der Waals surface area contributed by atoms with Gasteiger partial charge in [0.25, 0.3) is 0 Å². The van der Waals surface area contributed by atoms with Crippen molar-refractivity contribution in [2.45, 2.75) is 38.9 Å². The van der Waals surface area contributed by atoms with Crippen LogP contribution in [-0.2, 0) is 14.3 Å². The maximum Gasteiger partial charge on any atom is 0.332 e. The van der Waals surface area contributed by atoms with Crippen LogP contribution in [0.4, 0.5) is 0 Å². The Hall–Kier alpha value is -1.72. The maximum atomic E-state index is 11.4. The molecule has 0 spiro atoms. The number of fused-ring (bicyclic) bond motifs is 1. The van der Waals surface area contributed by atoms with Crippen LogP contribution in [0.3, 0.4) is 0 Å². The van der Waals surface area contributed by atoms with E-state index in [2.05, 4.69) is 28.6 Å². The van der Waals surface area contributed by atoms with E-state index >= 15 is 0 Å². The van der Waals surface area contributed by atoms with E-state index in [1.54, 1.807) is 0 Å². The molecule has 0 aromatic rings. The standard InChI is InChI=1S/C14H22N4O3/c1-14(2)5-8-9(6-14)13(10(15)4-12(19)20-3)21-11(8)7-17-18-16/h4,8-9,11,13H,5-7,15H2,1-3H3/b10-4+/t8-,9?,11+,13+/m0/s1. The van der Waals surface area contributed by atoms with Crippen LogP contribution in [0.5, 0.6) is 0 Å². The van der Waals surface area contributed by atoms with Crippen molar-refractivity contribution in [3.8, 4) is 0 Å². The van der Waals surface area contributed by atoms with Crippen LogP contribution in [0.2, 0.25) is 0 Å². The van der Waals surface area contributed by atoms with Gasteiger partial charge in [0.1, 0.15) is 6.10 Å². The third-order valence-electron chi connectivity index (χ3n) is 4.45. The van der Waals surface area contributed by atoms with E-state index in [1.807, 2.05) is 0 Å². The molecule has 21 heavy (non-hydrogen) atoms. The molecule has 2 fully saturated rings. The van der Waals surface area contributed by atoms with E-state index in [4.69, 9.17) is 16.0 Å². The van der Waals surface area contributed by atoms with Crippen molar-refractivity contribution in [3.05, 3.63) is 22.2 Å². The lowest BCUT2D eigenvalue weighted by atomic mass is 9.88. The normalized spacial score (nSPS) is 34.1. The topological polar surface area (TPSA) is 110 Å². The molecule has 0 aromatic heterocycles. The van der Waals surface area contributed by atoms with Crippen LogP contribution in [0.1, 0.15) is 26.7 Å². The minimum atomic E-state index is -0.483. The number of carbonyl (C=O) groups is 1. The molecule has 0 radical (unpaired) electrons. The van der Waals surface area contributed by atoms with E-state index in [9.17, 15) is 4.79 Å². The lowest BCUT2D eigenvalue weighted by Crippen LogP contribution is -2.27. The molecular weight excluding hydrogens is 272 g/mol. The average Bonchev–Trinajstić information content (AvgIpc) is 2.89. The number of methoxy groups -OCH3 is 1. The number of nitrogens with two attached hydrogens (primary N) is 1. The lowest BCUT2D eigenvalue weighted by molar-refractivity contribution is -0.135. The molecule has 1 saturated carbocycles. The summed E-state index contributed by atoms with van der Waals surface area (Å²) in [5, 5.41) is 3.64. The Bertz CT molecular complexity index is 496. The van der Waals surface area contributed by atoms with Gasteiger partial charge in [-0.1, -0.05) is 19.0 Å². The third kappa shape index (κ3) is 3.31. The SMILES string of the molecule is COC(=O)/C=C(/N)[C@@H]1O[C@H](CN=[N+]=[N-])[C@H]2CC(C)(C)CC12. The number of hydrogen-bond acceptors (Lipinski definition) is 5. The number of hydrogen-bond donors (Lipinski definition) is 1. The summed E-state index contributed by atoms with van der Waals surface area (Å²) in [6.45, 7) is 4.73. The molecule has 7 heteroatoms. The van der Waals surface area contributed by atoms with Crippen LogP contribution in [0.15, 0.2) is 16.9 Å². The molecule has 116 valence electrons. The quantitative estimate of drug-likeness (QED) is 0.281. The van der Waals surface area contributed by atoms with E-state index in [1.165, 1.54) is 13.2 Å². The summed E-state index contributed by atoms with van der Waals surface area (Å²) in [6, 6.07) is 0. The molecule has 1 aliphatic heterocycles. The predicted molar refractivity (Wildman–Crippen MR) is 77.0 cm³/mol. The molecule has 1 heterocycles. The number of rotatable bonds is 4. The average molecular weight is 294 g/mol. The van der Waals surface area contributed by atoms with Crippen LogP contribution < -0.4 is 5.73 Å². The molecule has 7 nitrogen and oxygen atoms in total. The lowest BCUT2D eigenvalue weighted by Gasteiger charge is -2.23. The van der Waals surface area contributed by atoms with Gasteiger partial charge in [0, 0.05) is 16.7 Å². The number of ether oxygens (including phenoxy) is 2. The smallest absolute Gasteiger partial charge is 0.332 e. The molecular formula is C14H22N4O3. The zero-order valence-corrected chi connectivity index (χ0v) is 12.7. The van der Waals surface area contributed by atoms with Gasteiger partial charge in [-0.25, -0.2) is 4.79 Å². The molecule has 2 aliphatic rings. The zero-order chi connectivity index (χ0) is 15.6. The Morgan fingerprint density at radius 3 is 2.81 bits per heavy atom. The van der Waals surface area contributed by atoms with Crippen LogP contribution >= 0.6 is 0 Å². The van der Waals surface area contributed by atoms with Gasteiger partial charge >= 0.3 is 5.97 Å². The summed E-state index contributed by atoms with van der Waals surface area (Å²) >= 11 is 0. The summed E-state index contributed by atoms with van der Waals surface area (Å²) < 4.78 is 10.6. The Labute approximate surface area is 124 Å². The molecule has 1 saturated heterocycles. The molecule has 2 N–H and O–H groups in total.